The third-order valence-corrected chi connectivity index (χ3v) is 10.6. The number of hydrogen-bond donors (Lipinski definition) is 1. The molecule has 6 aliphatic carbocycles. The van der Waals surface area contributed by atoms with Crippen molar-refractivity contribution in [2.75, 3.05) is 6.61 Å². The fraction of sp³-hybridized carbons (Fsp3) is 0.926. The smallest absolute Gasteiger partial charge is 0.344 e. The molecule has 1 aliphatic heterocycles. The molecule has 0 radical (unpaired) electrons. The number of aliphatic hydroxyl groups is 1. The highest BCUT2D eigenvalue weighted by Gasteiger charge is 2.67. The number of fused-ring (bicyclic) bond motifs is 5. The van der Waals surface area contributed by atoms with E-state index in [0.717, 1.165) is 57.8 Å². The molecular weight excluding hydrogens is 420 g/mol. The van der Waals surface area contributed by atoms with Gasteiger partial charge in [0.05, 0.1) is 23.2 Å². The highest BCUT2D eigenvalue weighted by atomic mass is 16.6. The molecule has 6 saturated carbocycles. The van der Waals surface area contributed by atoms with Gasteiger partial charge in [-0.1, -0.05) is 13.8 Å². The highest BCUT2D eigenvalue weighted by Crippen LogP contribution is 2.66. The van der Waals surface area contributed by atoms with E-state index in [4.69, 9.17) is 14.2 Å². The Morgan fingerprint density at radius 1 is 0.970 bits per heavy atom. The van der Waals surface area contributed by atoms with Gasteiger partial charge in [-0.05, 0) is 100 Å². The molecule has 6 heteroatoms. The summed E-state index contributed by atoms with van der Waals surface area (Å²) in [6.45, 7) is 6.11. The predicted molar refractivity (Wildman–Crippen MR) is 120 cm³/mol. The molecule has 1 saturated heterocycles. The van der Waals surface area contributed by atoms with E-state index in [-0.39, 0.29) is 24.6 Å². The number of esters is 2. The summed E-state index contributed by atoms with van der Waals surface area (Å²) in [7, 11) is 0. The third kappa shape index (κ3) is 3.33. The van der Waals surface area contributed by atoms with Gasteiger partial charge in [0, 0.05) is 6.42 Å². The van der Waals surface area contributed by atoms with Crippen molar-refractivity contribution < 1.29 is 28.9 Å². The van der Waals surface area contributed by atoms with Crippen LogP contribution in [0.1, 0.15) is 85.0 Å². The lowest BCUT2D eigenvalue weighted by molar-refractivity contribution is -0.222. The first-order chi connectivity index (χ1) is 15.7. The third-order valence-electron chi connectivity index (χ3n) is 10.6. The van der Waals surface area contributed by atoms with Gasteiger partial charge in [0.2, 0.25) is 0 Å². The molecule has 7 fully saturated rings. The summed E-state index contributed by atoms with van der Waals surface area (Å²) in [4.78, 5) is 26.1. The van der Waals surface area contributed by atoms with Gasteiger partial charge in [0.1, 0.15) is 5.60 Å². The second-order valence-corrected chi connectivity index (χ2v) is 12.8. The molecule has 184 valence electrons. The van der Waals surface area contributed by atoms with Crippen molar-refractivity contribution in [2.45, 2.75) is 108 Å². The van der Waals surface area contributed by atoms with Crippen LogP contribution in [-0.2, 0) is 23.8 Å². The molecular formula is C27H40O6. The normalized spacial score (nSPS) is 53.3. The minimum Gasteiger partial charge on any atom is -0.456 e. The van der Waals surface area contributed by atoms with E-state index in [1.54, 1.807) is 0 Å². The Kier molecular flexibility index (Phi) is 5.03. The summed E-state index contributed by atoms with van der Waals surface area (Å²) in [5.74, 6) is 1.96. The number of carbonyl (C=O) groups excluding carboxylic acids is 2. The van der Waals surface area contributed by atoms with Crippen molar-refractivity contribution >= 4 is 11.9 Å². The van der Waals surface area contributed by atoms with Crippen molar-refractivity contribution in [2.24, 2.45) is 40.9 Å². The topological polar surface area (TPSA) is 82.1 Å². The molecule has 6 bridgehead atoms. The van der Waals surface area contributed by atoms with Crippen molar-refractivity contribution in [3.05, 3.63) is 0 Å². The van der Waals surface area contributed by atoms with E-state index < -0.39 is 22.6 Å². The first-order valence-electron chi connectivity index (χ1n) is 13.4. The summed E-state index contributed by atoms with van der Waals surface area (Å²) in [5.41, 5.74) is -1.78. The lowest BCUT2D eigenvalue weighted by Gasteiger charge is -2.59. The number of ether oxygens (including phenoxy) is 3. The van der Waals surface area contributed by atoms with Crippen LogP contribution in [-0.4, -0.2) is 47.1 Å². The summed E-state index contributed by atoms with van der Waals surface area (Å²) < 4.78 is 18.0. The zero-order valence-electron chi connectivity index (χ0n) is 20.4. The Hall–Kier alpha value is -1.14. The van der Waals surface area contributed by atoms with Crippen LogP contribution in [0.15, 0.2) is 0 Å². The van der Waals surface area contributed by atoms with Gasteiger partial charge in [0.25, 0.3) is 0 Å². The van der Waals surface area contributed by atoms with Gasteiger partial charge in [0.15, 0.2) is 6.61 Å². The first kappa shape index (κ1) is 22.3. The summed E-state index contributed by atoms with van der Waals surface area (Å²) in [5, 5.41) is 10.9. The van der Waals surface area contributed by atoms with Gasteiger partial charge < -0.3 is 19.3 Å². The van der Waals surface area contributed by atoms with Crippen molar-refractivity contribution in [3.63, 3.8) is 0 Å². The second kappa shape index (κ2) is 7.43. The van der Waals surface area contributed by atoms with E-state index in [1.807, 2.05) is 6.92 Å². The van der Waals surface area contributed by atoms with Crippen LogP contribution in [0.5, 0.6) is 0 Å². The zero-order chi connectivity index (χ0) is 23.2. The fourth-order valence-electron chi connectivity index (χ4n) is 10.1. The predicted octanol–water partition coefficient (Wildman–Crippen LogP) is 4.02. The van der Waals surface area contributed by atoms with Crippen molar-refractivity contribution in [1.82, 2.24) is 0 Å². The maximum atomic E-state index is 13.3. The van der Waals surface area contributed by atoms with E-state index in [0.29, 0.717) is 42.1 Å². The average molecular weight is 461 g/mol. The molecule has 1 heterocycles. The van der Waals surface area contributed by atoms with Crippen LogP contribution >= 0.6 is 0 Å². The SMILES string of the molecule is CCC1OC(CC)C2C1C1CC2C(C)(C(=O)OCC(=O)OC23CC4CC(CC(O)(C4)C2)C3)C1. The van der Waals surface area contributed by atoms with Crippen LogP contribution in [0.4, 0.5) is 0 Å². The molecule has 7 aliphatic rings. The van der Waals surface area contributed by atoms with Crippen LogP contribution in [0.25, 0.3) is 0 Å². The molecule has 1 N–H and O–H groups in total. The van der Waals surface area contributed by atoms with E-state index in [2.05, 4.69) is 13.8 Å². The van der Waals surface area contributed by atoms with Crippen molar-refractivity contribution in [1.29, 1.82) is 0 Å². The van der Waals surface area contributed by atoms with Gasteiger partial charge in [-0.25, -0.2) is 4.79 Å². The van der Waals surface area contributed by atoms with Gasteiger partial charge >= 0.3 is 11.9 Å². The molecule has 0 aromatic carbocycles. The van der Waals surface area contributed by atoms with Crippen LogP contribution < -0.4 is 0 Å². The fourth-order valence-corrected chi connectivity index (χ4v) is 10.1. The molecule has 0 spiro atoms. The average Bonchev–Trinajstić information content (AvgIpc) is 3.38. The van der Waals surface area contributed by atoms with Gasteiger partial charge in [-0.2, -0.15) is 0 Å². The summed E-state index contributed by atoms with van der Waals surface area (Å²) in [6, 6.07) is 0. The molecule has 0 aromatic heterocycles. The highest BCUT2D eigenvalue weighted by molar-refractivity contribution is 5.81. The van der Waals surface area contributed by atoms with Crippen LogP contribution in [0, 0.1) is 40.9 Å². The first-order valence-corrected chi connectivity index (χ1v) is 13.4. The minimum atomic E-state index is -0.677. The van der Waals surface area contributed by atoms with Crippen molar-refractivity contribution in [3.8, 4) is 0 Å². The summed E-state index contributed by atoms with van der Waals surface area (Å²) in [6.07, 6.45) is 9.51. The molecule has 0 amide bonds. The van der Waals surface area contributed by atoms with E-state index in [1.165, 1.54) is 0 Å². The van der Waals surface area contributed by atoms with Gasteiger partial charge in [-0.15, -0.1) is 0 Å². The molecule has 0 aromatic rings. The largest absolute Gasteiger partial charge is 0.456 e. The molecule has 33 heavy (non-hydrogen) atoms. The number of rotatable bonds is 6. The zero-order valence-corrected chi connectivity index (χ0v) is 20.4. The Morgan fingerprint density at radius 3 is 2.27 bits per heavy atom. The lowest BCUT2D eigenvalue weighted by atomic mass is 9.52. The number of hydrogen-bond acceptors (Lipinski definition) is 6. The monoisotopic (exact) mass is 460 g/mol. The van der Waals surface area contributed by atoms with E-state index in [9.17, 15) is 14.7 Å². The standard InChI is InChI=1S/C27H40O6/c1-4-19-22-17-7-18(23(22)20(5-2)32-19)25(3,12-17)24(29)31-13-21(28)33-27-10-15-6-16(11-27)9-26(30,8-15)14-27/h15-20,22-23,30H,4-14H2,1-3H3. The summed E-state index contributed by atoms with van der Waals surface area (Å²) >= 11 is 0. The van der Waals surface area contributed by atoms with E-state index >= 15 is 0 Å². The molecule has 9 atom stereocenters. The Labute approximate surface area is 197 Å². The molecule has 7 rings (SSSR count). The maximum Gasteiger partial charge on any atom is 0.344 e. The Balaban J connectivity index is 1.09. The maximum absolute atomic E-state index is 13.3. The Bertz CT molecular complexity index is 824. The Morgan fingerprint density at radius 2 is 1.64 bits per heavy atom. The molecule has 6 nitrogen and oxygen atoms in total. The molecule has 9 unspecified atom stereocenters. The van der Waals surface area contributed by atoms with Crippen LogP contribution in [0.3, 0.4) is 0 Å². The van der Waals surface area contributed by atoms with Gasteiger partial charge in [-0.3, -0.25) is 4.79 Å². The lowest BCUT2D eigenvalue weighted by Crippen LogP contribution is -2.60. The quantitative estimate of drug-likeness (QED) is 0.603. The van der Waals surface area contributed by atoms with Crippen LogP contribution in [0.2, 0.25) is 0 Å². The minimum absolute atomic E-state index is 0.231. The second-order valence-electron chi connectivity index (χ2n) is 12.8. The number of carbonyl (C=O) groups is 2.